The summed E-state index contributed by atoms with van der Waals surface area (Å²) in [6.07, 6.45) is -11.4. The fourth-order valence-electron chi connectivity index (χ4n) is 6.49. The van der Waals surface area contributed by atoms with Crippen LogP contribution in [0.1, 0.15) is 68.2 Å². The zero-order chi connectivity index (χ0) is 42.9. The Morgan fingerprint density at radius 1 is 0.814 bits per heavy atom. The summed E-state index contributed by atoms with van der Waals surface area (Å²) < 4.78 is 60.1. The minimum absolute atomic E-state index is 0.191. The number of esters is 5. The van der Waals surface area contributed by atoms with Crippen LogP contribution in [0.15, 0.2) is 65.8 Å². The van der Waals surface area contributed by atoms with Crippen LogP contribution in [0, 0.1) is 0 Å². The van der Waals surface area contributed by atoms with Crippen LogP contribution in [0.25, 0.3) is 10.4 Å². The summed E-state index contributed by atoms with van der Waals surface area (Å²) in [6, 6.07) is 15.0. The molecule has 6 unspecified atom stereocenters. The van der Waals surface area contributed by atoms with Gasteiger partial charge in [0.1, 0.15) is 0 Å². The fraction of sp³-hybridized carbons (Fsp3) is 0.553. The van der Waals surface area contributed by atoms with E-state index in [4.69, 9.17) is 47.3 Å². The zero-order valence-corrected chi connectivity index (χ0v) is 34.5. The number of rotatable bonds is 19. The molecule has 2 aromatic rings. The summed E-state index contributed by atoms with van der Waals surface area (Å²) >= 11 is 0. The Bertz CT molecular complexity index is 1790. The van der Waals surface area contributed by atoms with Crippen molar-refractivity contribution in [3.05, 3.63) is 82.2 Å². The summed E-state index contributed by atoms with van der Waals surface area (Å²) in [5, 5.41) is 3.82. The van der Waals surface area contributed by atoms with Gasteiger partial charge >= 0.3 is 346 Å². The number of nitrogens with zero attached hydrogens (tertiary/aromatic N) is 3. The number of carbonyl (C=O) groups excluding carboxylic acids is 5. The first-order chi connectivity index (χ1) is 28.4. The fourth-order valence-corrected chi connectivity index (χ4v) is 6.58. The molecule has 0 radical (unpaired) electrons. The van der Waals surface area contributed by atoms with Crippen LogP contribution in [-0.2, 0) is 61.7 Å². The zero-order valence-electron chi connectivity index (χ0n) is 33.4. The van der Waals surface area contributed by atoms with E-state index in [1.165, 1.54) is 13.5 Å². The molecule has 0 aromatic heterocycles. The van der Waals surface area contributed by atoms with E-state index in [9.17, 15) is 29.5 Å². The van der Waals surface area contributed by atoms with E-state index in [1.54, 1.807) is 67.6 Å². The molecule has 0 saturated carbocycles. The third kappa shape index (κ3) is 13.7. The third-order valence-electron chi connectivity index (χ3n) is 9.10. The molecule has 4 rings (SSSR count). The number of carbonyl (C=O) groups is 5. The number of ether oxygens (including phenoxy) is 9. The Morgan fingerprint density at radius 2 is 1.44 bits per heavy atom. The van der Waals surface area contributed by atoms with E-state index >= 15 is 0 Å². The molecule has 59 heavy (non-hydrogen) atoms. The van der Waals surface area contributed by atoms with Crippen LogP contribution in [0.4, 0.5) is 0 Å². The molecule has 0 aliphatic carbocycles. The second kappa shape index (κ2) is 23.8. The van der Waals surface area contributed by atoms with Crippen molar-refractivity contribution in [1.29, 1.82) is 0 Å². The van der Waals surface area contributed by atoms with Crippen LogP contribution in [0.2, 0.25) is 0 Å². The molecule has 2 saturated heterocycles. The molecule has 0 spiro atoms. The van der Waals surface area contributed by atoms with Gasteiger partial charge in [-0.2, -0.15) is 0 Å². The Morgan fingerprint density at radius 3 is 2.02 bits per heavy atom. The van der Waals surface area contributed by atoms with Crippen molar-refractivity contribution >= 4 is 52.5 Å². The molecule has 2 heterocycles. The Hall–Kier alpha value is -4.70. The van der Waals surface area contributed by atoms with Gasteiger partial charge in [0, 0.05) is 0 Å². The number of unbranched alkanes of at least 4 members (excludes halogenated alkanes) is 1. The van der Waals surface area contributed by atoms with Gasteiger partial charge in [-0.05, 0) is 0 Å². The van der Waals surface area contributed by atoms with E-state index in [1.807, 2.05) is 6.92 Å². The molecule has 0 amide bonds. The van der Waals surface area contributed by atoms with Crippen molar-refractivity contribution in [3.63, 3.8) is 0 Å². The molecule has 18 nitrogen and oxygen atoms in total. The first-order valence-electron chi connectivity index (χ1n) is 19.0. The molecule has 21 heteroatoms. The second-order valence-corrected chi connectivity index (χ2v) is 13.9. The summed E-state index contributed by atoms with van der Waals surface area (Å²) in [4.78, 5) is 66.5. The Kier molecular flexibility index (Phi) is 18.9. The van der Waals surface area contributed by atoms with Crippen molar-refractivity contribution < 1.29 is 71.3 Å². The van der Waals surface area contributed by atoms with Crippen molar-refractivity contribution in [2.24, 2.45) is 5.11 Å². The molecule has 12 atom stereocenters. The molecule has 316 valence electrons. The summed E-state index contributed by atoms with van der Waals surface area (Å²) in [5.74, 6) is -3.71. The molecule has 2 fully saturated rings. The predicted octanol–water partition coefficient (Wildman–Crippen LogP) is 3.67. The van der Waals surface area contributed by atoms with Gasteiger partial charge in [0.2, 0.25) is 0 Å². The van der Waals surface area contributed by atoms with Crippen molar-refractivity contribution in [3.8, 4) is 0 Å². The normalized spacial score (nSPS) is 26.7. The molecule has 2 aliphatic heterocycles. The molecule has 2 aromatic carbocycles. The quantitative estimate of drug-likeness (QED) is 0.0288. The van der Waals surface area contributed by atoms with E-state index in [-0.39, 0.29) is 18.8 Å². The second-order valence-electron chi connectivity index (χ2n) is 13.5. The summed E-state index contributed by atoms with van der Waals surface area (Å²) in [5.41, 5.74) is 10.2. The van der Waals surface area contributed by atoms with E-state index in [0.29, 0.717) is 12.0 Å². The van der Waals surface area contributed by atoms with E-state index in [0.717, 1.165) is 27.2 Å². The number of hydrogen-bond donors (Lipinski definition) is 0. The average molecular weight is 839 g/mol. The van der Waals surface area contributed by atoms with Crippen molar-refractivity contribution in [2.45, 2.75) is 115 Å². The summed E-state index contributed by atoms with van der Waals surface area (Å²) in [6.45, 7) is 7.95. The van der Waals surface area contributed by atoms with Crippen LogP contribution < -0.4 is 0 Å². The van der Waals surface area contributed by atoms with Gasteiger partial charge in [0.05, 0.1) is 0 Å². The maximum absolute atomic E-state index is 13.9. The molecule has 0 bridgehead atoms. The Labute approximate surface area is 345 Å². The standard InChI is InChI=1S/C38H48B2N3O15P/c1-6-7-18-49-27(19-51-36(47)25-14-10-8-11-15-25)31-35(58-39-40-59)34(56-37(48)26-16-12-9-13-17-26)30(21(2)52-31)57-38-29(42-43-41)33(54-24(5)46)32(53-23(4)45)28(55-38)20-50-22(3)44/h8-17,21,27-35,38H,6-7,18-20,59H2,1-5H3/t21?,27-,28+,29?,30-,31?,32+,33?,34?,35+,38+/m0/s1. The van der Waals surface area contributed by atoms with Crippen molar-refractivity contribution in [2.75, 3.05) is 19.8 Å². The SMILES string of the molecule is CCCCO[C@@H](COC(=O)c1ccccc1)C1OC(C)[C@H](O[C@H]2O[C@H](COC(C)=O)[C@@H](OC(C)=O)C(OC(C)=O)C2N=[N+]=[N-])C(OC(=O)c2ccccc2)[C@@H]1OB=BP. The number of azide groups is 1. The minimum atomic E-state index is -1.63. The maximum atomic E-state index is 13.9. The van der Waals surface area contributed by atoms with Gasteiger partial charge in [-0.15, -0.1) is 0 Å². The monoisotopic (exact) mass is 839 g/mol. The van der Waals surface area contributed by atoms with Gasteiger partial charge < -0.3 is 0 Å². The molecule has 0 N–H and O–H groups in total. The van der Waals surface area contributed by atoms with Gasteiger partial charge in [0.15, 0.2) is 0 Å². The first-order valence-corrected chi connectivity index (χ1v) is 19.6. The van der Waals surface area contributed by atoms with Gasteiger partial charge in [-0.25, -0.2) is 0 Å². The van der Waals surface area contributed by atoms with Crippen LogP contribution in [0.5, 0.6) is 0 Å². The first kappa shape index (κ1) is 47.0. The van der Waals surface area contributed by atoms with Crippen LogP contribution >= 0.6 is 9.12 Å². The molecule has 2 aliphatic rings. The summed E-state index contributed by atoms with van der Waals surface area (Å²) in [7, 11) is 3.70. The number of benzene rings is 2. The number of hydrogen-bond acceptors (Lipinski definition) is 16. The Balaban J connectivity index is 1.79. The van der Waals surface area contributed by atoms with Crippen LogP contribution in [0.3, 0.4) is 0 Å². The van der Waals surface area contributed by atoms with E-state index < -0.39 is 104 Å². The van der Waals surface area contributed by atoms with Crippen LogP contribution in [-0.4, -0.2) is 130 Å². The van der Waals surface area contributed by atoms with Gasteiger partial charge in [0.25, 0.3) is 0 Å². The van der Waals surface area contributed by atoms with Gasteiger partial charge in [-0.3, -0.25) is 0 Å². The topological polar surface area (TPSA) is 226 Å². The van der Waals surface area contributed by atoms with E-state index in [2.05, 4.69) is 19.1 Å². The molecular weight excluding hydrogens is 791 g/mol. The third-order valence-corrected chi connectivity index (χ3v) is 9.26. The molecular formula is C38H48B2N3O15P. The van der Waals surface area contributed by atoms with Crippen molar-refractivity contribution in [1.82, 2.24) is 0 Å². The average Bonchev–Trinajstić information content (AvgIpc) is 3.21. The predicted molar refractivity (Wildman–Crippen MR) is 212 cm³/mol. The van der Waals surface area contributed by atoms with Gasteiger partial charge in [-0.1, -0.05) is 0 Å².